The third-order valence-corrected chi connectivity index (χ3v) is 2.77. The topological polar surface area (TPSA) is 32.3 Å². The van der Waals surface area contributed by atoms with E-state index in [-0.39, 0.29) is 5.82 Å². The summed E-state index contributed by atoms with van der Waals surface area (Å²) in [5.74, 6) is -0.238. The van der Waals surface area contributed by atoms with Gasteiger partial charge in [-0.25, -0.2) is 4.39 Å². The molecule has 1 aromatic carbocycles. The van der Waals surface area contributed by atoms with Crippen molar-refractivity contribution in [2.24, 2.45) is 0 Å². The fourth-order valence-corrected chi connectivity index (χ4v) is 1.79. The van der Waals surface area contributed by atoms with E-state index in [0.717, 1.165) is 25.1 Å². The predicted octanol–water partition coefficient (Wildman–Crippen LogP) is 2.51. The first-order valence-electron chi connectivity index (χ1n) is 6.21. The van der Waals surface area contributed by atoms with E-state index in [2.05, 4.69) is 12.2 Å². The lowest BCUT2D eigenvalue weighted by Crippen LogP contribution is -2.32. The van der Waals surface area contributed by atoms with Crippen molar-refractivity contribution < 1.29 is 9.50 Å². The van der Waals surface area contributed by atoms with Crippen molar-refractivity contribution in [2.45, 2.75) is 38.7 Å². The lowest BCUT2D eigenvalue weighted by molar-refractivity contribution is 0.0516. The molecule has 0 radical (unpaired) electrons. The highest BCUT2D eigenvalue weighted by Gasteiger charge is 2.20. The van der Waals surface area contributed by atoms with E-state index in [1.54, 1.807) is 12.1 Å². The Kier molecular flexibility index (Phi) is 5.59. The summed E-state index contributed by atoms with van der Waals surface area (Å²) in [7, 11) is 0. The third-order valence-electron chi connectivity index (χ3n) is 2.77. The second-order valence-electron chi connectivity index (χ2n) is 4.80. The van der Waals surface area contributed by atoms with Gasteiger partial charge in [-0.1, -0.05) is 19.1 Å². The SMILES string of the molecule is CCCNCCC(C)(O)Cc1ccc(F)cc1. The van der Waals surface area contributed by atoms with Crippen LogP contribution in [0.4, 0.5) is 4.39 Å². The molecule has 0 aliphatic rings. The molecule has 96 valence electrons. The van der Waals surface area contributed by atoms with Crippen molar-refractivity contribution in [2.75, 3.05) is 13.1 Å². The summed E-state index contributed by atoms with van der Waals surface area (Å²) in [6.07, 6.45) is 2.35. The van der Waals surface area contributed by atoms with Gasteiger partial charge in [0, 0.05) is 6.42 Å². The highest BCUT2D eigenvalue weighted by atomic mass is 19.1. The monoisotopic (exact) mass is 239 g/mol. The number of hydrogen-bond acceptors (Lipinski definition) is 2. The molecule has 1 atom stereocenters. The number of rotatable bonds is 7. The lowest BCUT2D eigenvalue weighted by atomic mass is 9.93. The molecule has 1 unspecified atom stereocenters. The predicted molar refractivity (Wildman–Crippen MR) is 68.5 cm³/mol. The Bertz CT molecular complexity index is 321. The molecule has 3 heteroatoms. The molecular formula is C14H22FNO. The Labute approximate surface area is 103 Å². The van der Waals surface area contributed by atoms with Gasteiger partial charge in [0.05, 0.1) is 5.60 Å². The number of halogens is 1. The van der Waals surface area contributed by atoms with Gasteiger partial charge >= 0.3 is 0 Å². The van der Waals surface area contributed by atoms with Crippen LogP contribution in [0, 0.1) is 5.82 Å². The van der Waals surface area contributed by atoms with E-state index < -0.39 is 5.60 Å². The van der Waals surface area contributed by atoms with Gasteiger partial charge in [0.2, 0.25) is 0 Å². The van der Waals surface area contributed by atoms with Gasteiger partial charge in [0.25, 0.3) is 0 Å². The summed E-state index contributed by atoms with van der Waals surface area (Å²) >= 11 is 0. The highest BCUT2D eigenvalue weighted by molar-refractivity contribution is 5.17. The van der Waals surface area contributed by atoms with Crippen molar-refractivity contribution in [3.63, 3.8) is 0 Å². The molecule has 0 aromatic heterocycles. The quantitative estimate of drug-likeness (QED) is 0.717. The second kappa shape index (κ2) is 6.72. The molecule has 0 aliphatic carbocycles. The second-order valence-corrected chi connectivity index (χ2v) is 4.80. The van der Waals surface area contributed by atoms with E-state index >= 15 is 0 Å². The summed E-state index contributed by atoms with van der Waals surface area (Å²) in [4.78, 5) is 0. The van der Waals surface area contributed by atoms with Crippen LogP contribution in [0.15, 0.2) is 24.3 Å². The number of aliphatic hydroxyl groups is 1. The maximum Gasteiger partial charge on any atom is 0.123 e. The van der Waals surface area contributed by atoms with E-state index in [1.165, 1.54) is 12.1 Å². The van der Waals surface area contributed by atoms with Gasteiger partial charge < -0.3 is 10.4 Å². The van der Waals surface area contributed by atoms with Crippen LogP contribution in [0.1, 0.15) is 32.3 Å². The van der Waals surface area contributed by atoms with Gasteiger partial charge in [-0.2, -0.15) is 0 Å². The largest absolute Gasteiger partial charge is 0.390 e. The summed E-state index contributed by atoms with van der Waals surface area (Å²) < 4.78 is 12.7. The first-order valence-corrected chi connectivity index (χ1v) is 6.21. The van der Waals surface area contributed by atoms with Crippen molar-refractivity contribution >= 4 is 0 Å². The summed E-state index contributed by atoms with van der Waals surface area (Å²) in [5.41, 5.74) is 0.227. The molecule has 0 spiro atoms. The fourth-order valence-electron chi connectivity index (χ4n) is 1.79. The Morgan fingerprint density at radius 2 is 1.88 bits per heavy atom. The minimum Gasteiger partial charge on any atom is -0.390 e. The zero-order valence-electron chi connectivity index (χ0n) is 10.7. The smallest absolute Gasteiger partial charge is 0.123 e. The Balaban J connectivity index is 2.40. The van der Waals surface area contributed by atoms with Gasteiger partial charge in [-0.05, 0) is 50.6 Å². The van der Waals surface area contributed by atoms with Crippen molar-refractivity contribution in [1.29, 1.82) is 0 Å². The zero-order valence-corrected chi connectivity index (χ0v) is 10.7. The highest BCUT2D eigenvalue weighted by Crippen LogP contribution is 2.16. The third kappa shape index (κ3) is 5.80. The van der Waals surface area contributed by atoms with E-state index in [9.17, 15) is 9.50 Å². The van der Waals surface area contributed by atoms with Crippen molar-refractivity contribution in [1.82, 2.24) is 5.32 Å². The first kappa shape index (κ1) is 14.1. The fraction of sp³-hybridized carbons (Fsp3) is 0.571. The molecule has 0 heterocycles. The molecule has 0 saturated heterocycles. The van der Waals surface area contributed by atoms with E-state index in [1.807, 2.05) is 6.92 Å². The van der Waals surface area contributed by atoms with Gasteiger partial charge in [0.1, 0.15) is 5.82 Å². The molecule has 1 aromatic rings. The molecule has 0 fully saturated rings. The average Bonchev–Trinajstić information content (AvgIpc) is 2.27. The Morgan fingerprint density at radius 3 is 2.47 bits per heavy atom. The Morgan fingerprint density at radius 1 is 1.24 bits per heavy atom. The van der Waals surface area contributed by atoms with Crippen LogP contribution >= 0.6 is 0 Å². The van der Waals surface area contributed by atoms with Crippen LogP contribution in [0.25, 0.3) is 0 Å². The molecule has 0 saturated carbocycles. The van der Waals surface area contributed by atoms with Crippen LogP contribution in [-0.4, -0.2) is 23.8 Å². The van der Waals surface area contributed by atoms with Crippen LogP contribution in [-0.2, 0) is 6.42 Å². The van der Waals surface area contributed by atoms with Crippen molar-refractivity contribution in [3.05, 3.63) is 35.6 Å². The van der Waals surface area contributed by atoms with Gasteiger partial charge in [0.15, 0.2) is 0 Å². The molecule has 2 N–H and O–H groups in total. The standard InChI is InChI=1S/C14H22FNO/c1-3-9-16-10-8-14(2,17)11-12-4-6-13(15)7-5-12/h4-7,16-17H,3,8-11H2,1-2H3. The van der Waals surface area contributed by atoms with Gasteiger partial charge in [-0.3, -0.25) is 0 Å². The lowest BCUT2D eigenvalue weighted by Gasteiger charge is -2.23. The first-order chi connectivity index (χ1) is 8.03. The molecular weight excluding hydrogens is 217 g/mol. The van der Waals surface area contributed by atoms with Crippen LogP contribution in [0.3, 0.4) is 0 Å². The Hall–Kier alpha value is -0.930. The number of hydrogen-bond donors (Lipinski definition) is 2. The molecule has 0 aliphatic heterocycles. The number of nitrogens with one attached hydrogen (secondary N) is 1. The van der Waals surface area contributed by atoms with E-state index in [0.29, 0.717) is 12.8 Å². The molecule has 0 bridgehead atoms. The average molecular weight is 239 g/mol. The van der Waals surface area contributed by atoms with Crippen LogP contribution in [0.2, 0.25) is 0 Å². The molecule has 1 rings (SSSR count). The maximum absolute atomic E-state index is 12.7. The normalized spacial score (nSPS) is 14.6. The summed E-state index contributed by atoms with van der Waals surface area (Å²) in [6.45, 7) is 5.72. The molecule has 2 nitrogen and oxygen atoms in total. The summed E-state index contributed by atoms with van der Waals surface area (Å²) in [5, 5.41) is 13.5. The number of benzene rings is 1. The molecule has 17 heavy (non-hydrogen) atoms. The zero-order chi connectivity index (χ0) is 12.7. The van der Waals surface area contributed by atoms with Gasteiger partial charge in [-0.15, -0.1) is 0 Å². The van der Waals surface area contributed by atoms with E-state index in [4.69, 9.17) is 0 Å². The minimum absolute atomic E-state index is 0.238. The van der Waals surface area contributed by atoms with Crippen LogP contribution < -0.4 is 5.32 Å². The van der Waals surface area contributed by atoms with Crippen LogP contribution in [0.5, 0.6) is 0 Å². The van der Waals surface area contributed by atoms with Crippen molar-refractivity contribution in [3.8, 4) is 0 Å². The maximum atomic E-state index is 12.7. The minimum atomic E-state index is -0.738. The molecule has 0 amide bonds. The summed E-state index contributed by atoms with van der Waals surface area (Å²) in [6, 6.07) is 6.31.